The molecule has 1 saturated heterocycles. The van der Waals surface area contributed by atoms with E-state index in [-0.39, 0.29) is 43.3 Å². The van der Waals surface area contributed by atoms with Crippen molar-refractivity contribution >= 4 is 43.3 Å². The van der Waals surface area contributed by atoms with E-state index in [0.717, 1.165) is 26.2 Å². The van der Waals surface area contributed by atoms with Crippen molar-refractivity contribution in [3.8, 4) is 0 Å². The smallest absolute Gasteiger partial charge is 0.394 e. The zero-order valence-electron chi connectivity index (χ0n) is 40.1. The SMILES string of the molecule is CC(C)C[C@H](NC(=O)C1CCCN1C(=O)CCOC(C)(C)COC(C)(C)C)C(=O)N[C@@H](Cc1cncn1CCCCc1ccccc1)C(=O)NC(CO)C(=O)N[C@H](C(N)=O)[C@@H](C)OP(=O)(O)O. The van der Waals surface area contributed by atoms with Crippen LogP contribution in [-0.4, -0.2) is 139 Å². The summed E-state index contributed by atoms with van der Waals surface area (Å²) in [6.45, 7) is 14.6. The van der Waals surface area contributed by atoms with E-state index >= 15 is 0 Å². The molecule has 1 aliphatic heterocycles. The third-order valence-corrected chi connectivity index (χ3v) is 11.5. The first-order chi connectivity index (χ1) is 31.3. The largest absolute Gasteiger partial charge is 0.469 e. The number of carbonyl (C=O) groups excluding carboxylic acids is 6. The molecule has 6 atom stereocenters. The van der Waals surface area contributed by atoms with E-state index in [4.69, 9.17) is 15.2 Å². The Bertz CT molecular complexity index is 1990. The normalized spacial score (nSPS) is 16.7. The van der Waals surface area contributed by atoms with Crippen molar-refractivity contribution < 1.29 is 62.2 Å². The number of phosphoric ester groups is 1. The Labute approximate surface area is 393 Å². The molecule has 6 amide bonds. The van der Waals surface area contributed by atoms with Crippen LogP contribution in [0.5, 0.6) is 0 Å². The number of nitrogens with one attached hydrogen (secondary N) is 4. The molecule has 1 aromatic carbocycles. The van der Waals surface area contributed by atoms with Gasteiger partial charge in [-0.05, 0) is 91.5 Å². The van der Waals surface area contributed by atoms with Crippen LogP contribution < -0.4 is 27.0 Å². The molecule has 0 spiro atoms. The van der Waals surface area contributed by atoms with Crippen molar-refractivity contribution in [1.29, 1.82) is 0 Å². The van der Waals surface area contributed by atoms with Crippen molar-refractivity contribution in [2.45, 2.75) is 161 Å². The number of hydrogen-bond acceptors (Lipinski definition) is 12. The van der Waals surface area contributed by atoms with E-state index in [9.17, 15) is 48.2 Å². The summed E-state index contributed by atoms with van der Waals surface area (Å²) >= 11 is 0. The number of benzene rings is 1. The number of nitrogens with zero attached hydrogens (tertiary/aromatic N) is 3. The number of hydrogen-bond donors (Lipinski definition) is 8. The van der Waals surface area contributed by atoms with Crippen molar-refractivity contribution in [2.24, 2.45) is 11.7 Å². The average molecular weight is 965 g/mol. The topological polar surface area (TPSA) is 303 Å². The van der Waals surface area contributed by atoms with Crippen LogP contribution in [0.3, 0.4) is 0 Å². The summed E-state index contributed by atoms with van der Waals surface area (Å²) in [5, 5.41) is 20.3. The van der Waals surface area contributed by atoms with Crippen LogP contribution >= 0.6 is 7.82 Å². The molecule has 2 unspecified atom stereocenters. The van der Waals surface area contributed by atoms with Gasteiger partial charge in [-0.3, -0.25) is 33.3 Å². The number of aryl methyl sites for hydroxylation is 2. The van der Waals surface area contributed by atoms with Crippen LogP contribution in [0.2, 0.25) is 0 Å². The number of phosphoric acid groups is 1. The lowest BCUT2D eigenvalue weighted by Gasteiger charge is -2.31. The van der Waals surface area contributed by atoms with Crippen molar-refractivity contribution in [3.63, 3.8) is 0 Å². The van der Waals surface area contributed by atoms with E-state index in [1.165, 1.54) is 16.7 Å². The lowest BCUT2D eigenvalue weighted by atomic mass is 10.0. The van der Waals surface area contributed by atoms with Crippen molar-refractivity contribution in [3.05, 3.63) is 54.1 Å². The summed E-state index contributed by atoms with van der Waals surface area (Å²) in [4.78, 5) is 106. The molecule has 2 aromatic rings. The second-order valence-electron chi connectivity index (χ2n) is 18.9. The molecule has 1 aliphatic rings. The number of primary amides is 1. The van der Waals surface area contributed by atoms with Crippen LogP contribution in [-0.2, 0) is 66.7 Å². The number of ether oxygens (including phenoxy) is 2. The molecular formula is C45H73N8O13P. The Morgan fingerprint density at radius 3 is 2.15 bits per heavy atom. The van der Waals surface area contributed by atoms with E-state index in [1.54, 1.807) is 6.33 Å². The monoisotopic (exact) mass is 965 g/mol. The fraction of sp³-hybridized carbons (Fsp3) is 0.667. The summed E-state index contributed by atoms with van der Waals surface area (Å²) in [6.07, 6.45) is 4.89. The molecule has 21 nitrogen and oxygen atoms in total. The minimum absolute atomic E-state index is 0.0231. The number of aliphatic hydroxyl groups excluding tert-OH is 1. The Balaban J connectivity index is 1.81. The van der Waals surface area contributed by atoms with Gasteiger partial charge in [-0.15, -0.1) is 0 Å². The molecule has 0 bridgehead atoms. The van der Waals surface area contributed by atoms with Crippen molar-refractivity contribution in [2.75, 3.05) is 26.4 Å². The lowest BCUT2D eigenvalue weighted by Crippen LogP contribution is -2.61. The highest BCUT2D eigenvalue weighted by atomic mass is 31.2. The fourth-order valence-electron chi connectivity index (χ4n) is 7.38. The molecule has 2 heterocycles. The highest BCUT2D eigenvalue weighted by Crippen LogP contribution is 2.38. The minimum atomic E-state index is -5.13. The third-order valence-electron chi connectivity index (χ3n) is 10.9. The Morgan fingerprint density at radius 2 is 1.54 bits per heavy atom. The number of amides is 6. The third kappa shape index (κ3) is 20.2. The quantitative estimate of drug-likeness (QED) is 0.0442. The first-order valence-electron chi connectivity index (χ1n) is 22.7. The standard InChI is InChI=1S/C45H73N8O13P/c1-29(2)23-33(49-43(60)36-18-14-21-53(36)37(55)19-22-64-45(7,8)27-65-44(4,5)6)40(57)48-34(24-32-25-47-28-52(32)20-13-12-17-31-15-10-9-11-16-31)41(58)50-35(26-54)42(59)51-38(39(46)56)30(3)66-67(61,62)63/h9-11,15-16,25,28-30,33-36,38,54H,12-14,17-24,26-27H2,1-8H3,(H2,46,56)(H,48,57)(H,49,60)(H,50,58)(H,51,59)(H2,61,62,63)/t30-,33+,34+,35?,36?,38+/m1/s1. The number of nitrogens with two attached hydrogens (primary N) is 1. The van der Waals surface area contributed by atoms with E-state index < -0.39 is 85.9 Å². The molecule has 376 valence electrons. The maximum Gasteiger partial charge on any atom is 0.469 e. The zero-order chi connectivity index (χ0) is 50.1. The van der Waals surface area contributed by atoms with E-state index in [0.29, 0.717) is 38.2 Å². The summed E-state index contributed by atoms with van der Waals surface area (Å²) < 4.78 is 29.6. The molecule has 1 fully saturated rings. The molecular weight excluding hydrogens is 892 g/mol. The van der Waals surface area contributed by atoms with Gasteiger partial charge < -0.3 is 60.8 Å². The van der Waals surface area contributed by atoms with Gasteiger partial charge in [0.05, 0.1) is 49.9 Å². The van der Waals surface area contributed by atoms with Gasteiger partial charge in [0.25, 0.3) is 0 Å². The van der Waals surface area contributed by atoms with Gasteiger partial charge >= 0.3 is 7.82 Å². The number of rotatable bonds is 28. The Hall–Kier alpha value is -4.76. The molecule has 0 radical (unpaired) electrons. The Kier molecular flexibility index (Phi) is 22.1. The molecule has 9 N–H and O–H groups in total. The first-order valence-corrected chi connectivity index (χ1v) is 24.3. The molecule has 22 heteroatoms. The van der Waals surface area contributed by atoms with Crippen LogP contribution in [0.25, 0.3) is 0 Å². The van der Waals surface area contributed by atoms with Gasteiger partial charge in [-0.25, -0.2) is 9.55 Å². The lowest BCUT2D eigenvalue weighted by molar-refractivity contribution is -0.143. The van der Waals surface area contributed by atoms with Crippen LogP contribution in [0.4, 0.5) is 0 Å². The summed E-state index contributed by atoms with van der Waals surface area (Å²) in [7, 11) is -5.13. The Morgan fingerprint density at radius 1 is 0.896 bits per heavy atom. The number of aliphatic hydroxyl groups is 1. The molecule has 1 aromatic heterocycles. The number of imidazole rings is 1. The minimum Gasteiger partial charge on any atom is -0.394 e. The van der Waals surface area contributed by atoms with E-state index in [2.05, 4.69) is 30.8 Å². The molecule has 67 heavy (non-hydrogen) atoms. The number of aromatic nitrogens is 2. The van der Waals surface area contributed by atoms with Gasteiger partial charge in [0.1, 0.15) is 30.2 Å². The van der Waals surface area contributed by atoms with Gasteiger partial charge in [0, 0.05) is 31.4 Å². The van der Waals surface area contributed by atoms with Crippen LogP contribution in [0, 0.1) is 5.92 Å². The molecule has 0 aliphatic carbocycles. The number of unbranched alkanes of at least 4 members (excludes halogenated alkanes) is 1. The second kappa shape index (κ2) is 26.1. The first kappa shape index (κ1) is 56.6. The van der Waals surface area contributed by atoms with Gasteiger partial charge in [0.2, 0.25) is 35.4 Å². The predicted octanol–water partition coefficient (Wildman–Crippen LogP) is 1.40. The number of carbonyl (C=O) groups is 6. The predicted molar refractivity (Wildman–Crippen MR) is 246 cm³/mol. The maximum atomic E-state index is 14.3. The highest BCUT2D eigenvalue weighted by Gasteiger charge is 2.38. The van der Waals surface area contributed by atoms with Crippen LogP contribution in [0.15, 0.2) is 42.9 Å². The van der Waals surface area contributed by atoms with Crippen LogP contribution in [0.1, 0.15) is 105 Å². The molecule has 3 rings (SSSR count). The second-order valence-corrected chi connectivity index (χ2v) is 20.1. The van der Waals surface area contributed by atoms with Gasteiger partial charge in [-0.1, -0.05) is 44.2 Å². The average Bonchev–Trinajstić information content (AvgIpc) is 3.91. The highest BCUT2D eigenvalue weighted by molar-refractivity contribution is 7.46. The van der Waals surface area contributed by atoms with Gasteiger partial charge in [-0.2, -0.15) is 0 Å². The maximum absolute atomic E-state index is 14.3. The fourth-order valence-corrected chi connectivity index (χ4v) is 7.94. The summed E-state index contributed by atoms with van der Waals surface area (Å²) in [6, 6.07) is 2.99. The van der Waals surface area contributed by atoms with Crippen molar-refractivity contribution in [1.82, 2.24) is 35.7 Å². The summed E-state index contributed by atoms with van der Waals surface area (Å²) in [5.74, 6) is -4.99. The molecule has 0 saturated carbocycles. The summed E-state index contributed by atoms with van der Waals surface area (Å²) in [5.41, 5.74) is 6.07. The van der Waals surface area contributed by atoms with E-state index in [1.807, 2.05) is 83.4 Å². The van der Waals surface area contributed by atoms with Gasteiger partial charge in [0.15, 0.2) is 0 Å². The zero-order valence-corrected chi connectivity index (χ0v) is 41.0. The number of likely N-dealkylation sites (tertiary alicyclic amines) is 1.